The molecule has 17 heavy (non-hydrogen) atoms. The van der Waals surface area contributed by atoms with Gasteiger partial charge < -0.3 is 10.2 Å². The Balaban J connectivity index is 3.29. The van der Waals surface area contributed by atoms with Gasteiger partial charge in [0.25, 0.3) is 0 Å². The zero-order chi connectivity index (χ0) is 13.2. The summed E-state index contributed by atoms with van der Waals surface area (Å²) in [6.07, 6.45) is -8.17. The van der Waals surface area contributed by atoms with E-state index in [4.69, 9.17) is 0 Å². The van der Waals surface area contributed by atoms with Crippen LogP contribution in [0.3, 0.4) is 0 Å². The van der Waals surface area contributed by atoms with Gasteiger partial charge in [0, 0.05) is 5.33 Å². The summed E-state index contributed by atoms with van der Waals surface area (Å²) >= 11 is 2.82. The molecule has 7 heteroatoms. The van der Waals surface area contributed by atoms with Crippen molar-refractivity contribution in [2.45, 2.75) is 18.4 Å². The van der Waals surface area contributed by atoms with Gasteiger partial charge in [0.05, 0.1) is 11.7 Å². The first-order valence-electron chi connectivity index (χ1n) is 4.56. The number of hydrogen-bond donors (Lipinski definition) is 2. The standard InChI is InChI=1S/C10H9BrF4O2/c11-4-7(16)9(17)5-2-1-3-6(12)8(5)10(13,14)15/h1-3,7,9,16-17H,4H2. The third-order valence-electron chi connectivity index (χ3n) is 2.17. The van der Waals surface area contributed by atoms with E-state index in [0.29, 0.717) is 6.07 Å². The average molecular weight is 317 g/mol. The van der Waals surface area contributed by atoms with Crippen molar-refractivity contribution in [1.82, 2.24) is 0 Å². The van der Waals surface area contributed by atoms with Crippen molar-refractivity contribution in [3.05, 3.63) is 35.1 Å². The molecule has 0 fully saturated rings. The van der Waals surface area contributed by atoms with Gasteiger partial charge in [-0.25, -0.2) is 4.39 Å². The fourth-order valence-electron chi connectivity index (χ4n) is 1.38. The zero-order valence-corrected chi connectivity index (χ0v) is 9.96. The Morgan fingerprint density at radius 3 is 2.29 bits per heavy atom. The molecule has 2 nitrogen and oxygen atoms in total. The highest BCUT2D eigenvalue weighted by atomic mass is 79.9. The smallest absolute Gasteiger partial charge is 0.389 e. The maximum Gasteiger partial charge on any atom is 0.419 e. The molecule has 0 spiro atoms. The Morgan fingerprint density at radius 1 is 1.24 bits per heavy atom. The summed E-state index contributed by atoms with van der Waals surface area (Å²) in [6.45, 7) is 0. The molecule has 0 amide bonds. The Hall–Kier alpha value is -0.660. The largest absolute Gasteiger partial charge is 0.419 e. The third kappa shape index (κ3) is 3.17. The lowest BCUT2D eigenvalue weighted by Gasteiger charge is -2.20. The quantitative estimate of drug-likeness (QED) is 0.665. The average Bonchev–Trinajstić information content (AvgIpc) is 2.24. The van der Waals surface area contributed by atoms with Crippen molar-refractivity contribution >= 4 is 15.9 Å². The summed E-state index contributed by atoms with van der Waals surface area (Å²) in [6, 6.07) is 2.63. The highest BCUT2D eigenvalue weighted by molar-refractivity contribution is 9.09. The minimum Gasteiger partial charge on any atom is -0.389 e. The summed E-state index contributed by atoms with van der Waals surface area (Å²) in [4.78, 5) is 0. The van der Waals surface area contributed by atoms with E-state index < -0.39 is 35.3 Å². The van der Waals surface area contributed by atoms with Crippen LogP contribution in [0, 0.1) is 5.82 Å². The number of aliphatic hydroxyl groups excluding tert-OH is 2. The number of alkyl halides is 4. The second-order valence-corrected chi connectivity index (χ2v) is 4.02. The van der Waals surface area contributed by atoms with Crippen molar-refractivity contribution in [2.75, 3.05) is 5.33 Å². The lowest BCUT2D eigenvalue weighted by atomic mass is 9.98. The van der Waals surface area contributed by atoms with Gasteiger partial charge in [-0.05, 0) is 11.6 Å². The van der Waals surface area contributed by atoms with Gasteiger partial charge in [-0.15, -0.1) is 0 Å². The van der Waals surface area contributed by atoms with Gasteiger partial charge >= 0.3 is 6.18 Å². The summed E-state index contributed by atoms with van der Waals surface area (Å²) in [5.41, 5.74) is -2.23. The fraction of sp³-hybridized carbons (Fsp3) is 0.400. The van der Waals surface area contributed by atoms with E-state index in [1.807, 2.05) is 0 Å². The van der Waals surface area contributed by atoms with Crippen molar-refractivity contribution in [1.29, 1.82) is 0 Å². The molecule has 0 aliphatic rings. The molecule has 2 atom stereocenters. The van der Waals surface area contributed by atoms with Gasteiger partial charge in [-0.1, -0.05) is 28.1 Å². The molecule has 0 bridgehead atoms. The van der Waals surface area contributed by atoms with Crippen LogP contribution in [0.1, 0.15) is 17.2 Å². The summed E-state index contributed by atoms with van der Waals surface area (Å²) in [5.74, 6) is -1.48. The van der Waals surface area contributed by atoms with Crippen molar-refractivity contribution in [3.63, 3.8) is 0 Å². The normalized spacial score (nSPS) is 15.7. The lowest BCUT2D eigenvalue weighted by Crippen LogP contribution is -2.23. The molecular formula is C10H9BrF4O2. The van der Waals surface area contributed by atoms with Crippen molar-refractivity contribution in [2.24, 2.45) is 0 Å². The highest BCUT2D eigenvalue weighted by Crippen LogP contribution is 2.37. The number of rotatable bonds is 3. The monoisotopic (exact) mass is 316 g/mol. The van der Waals surface area contributed by atoms with Crippen LogP contribution in [0.15, 0.2) is 18.2 Å². The van der Waals surface area contributed by atoms with Gasteiger partial charge in [0.1, 0.15) is 11.9 Å². The number of halogens is 5. The van der Waals surface area contributed by atoms with E-state index in [0.717, 1.165) is 12.1 Å². The van der Waals surface area contributed by atoms with Crippen LogP contribution in [0.5, 0.6) is 0 Å². The van der Waals surface area contributed by atoms with Gasteiger partial charge in [-0.2, -0.15) is 13.2 Å². The predicted octanol–water partition coefficient (Wildman–Crippen LogP) is 2.63. The molecule has 0 radical (unpaired) electrons. The Morgan fingerprint density at radius 2 is 1.82 bits per heavy atom. The van der Waals surface area contributed by atoms with Crippen LogP contribution >= 0.6 is 15.9 Å². The first-order valence-corrected chi connectivity index (χ1v) is 5.69. The Kier molecular flexibility index (Phi) is 4.51. The first-order chi connectivity index (χ1) is 7.79. The molecule has 0 saturated carbocycles. The van der Waals surface area contributed by atoms with Crippen LogP contribution in [0.2, 0.25) is 0 Å². The second kappa shape index (κ2) is 5.32. The Labute approximate surface area is 103 Å². The topological polar surface area (TPSA) is 40.5 Å². The minimum atomic E-state index is -4.92. The molecular weight excluding hydrogens is 308 g/mol. The van der Waals surface area contributed by atoms with E-state index in [1.54, 1.807) is 0 Å². The number of aliphatic hydroxyl groups is 2. The molecule has 0 aromatic heterocycles. The maximum atomic E-state index is 13.1. The van der Waals surface area contributed by atoms with Gasteiger partial charge in [-0.3, -0.25) is 0 Å². The van der Waals surface area contributed by atoms with Crippen LogP contribution in [-0.4, -0.2) is 21.6 Å². The molecule has 0 saturated heterocycles. The molecule has 1 aromatic carbocycles. The SMILES string of the molecule is OC(CBr)C(O)c1cccc(F)c1C(F)(F)F. The summed E-state index contributed by atoms with van der Waals surface area (Å²) < 4.78 is 50.9. The van der Waals surface area contributed by atoms with Crippen LogP contribution in [0.25, 0.3) is 0 Å². The van der Waals surface area contributed by atoms with E-state index >= 15 is 0 Å². The predicted molar refractivity (Wildman–Crippen MR) is 56.2 cm³/mol. The molecule has 1 aromatic rings. The summed E-state index contributed by atoms with van der Waals surface area (Å²) in [7, 11) is 0. The molecule has 0 aliphatic heterocycles. The van der Waals surface area contributed by atoms with Crippen LogP contribution < -0.4 is 0 Å². The molecule has 1 rings (SSSR count). The molecule has 0 aliphatic carbocycles. The highest BCUT2D eigenvalue weighted by Gasteiger charge is 2.39. The molecule has 2 unspecified atom stereocenters. The Bertz CT molecular complexity index is 394. The van der Waals surface area contributed by atoms with Crippen LogP contribution in [-0.2, 0) is 6.18 Å². The second-order valence-electron chi connectivity index (χ2n) is 3.37. The van der Waals surface area contributed by atoms with Crippen molar-refractivity contribution < 1.29 is 27.8 Å². The maximum absolute atomic E-state index is 13.1. The van der Waals surface area contributed by atoms with E-state index in [-0.39, 0.29) is 5.33 Å². The fourth-order valence-corrected chi connectivity index (χ4v) is 1.73. The first kappa shape index (κ1) is 14.4. The molecule has 96 valence electrons. The number of hydrogen-bond acceptors (Lipinski definition) is 2. The van der Waals surface area contributed by atoms with Crippen LogP contribution in [0.4, 0.5) is 17.6 Å². The minimum absolute atomic E-state index is 0.123. The van der Waals surface area contributed by atoms with E-state index in [1.165, 1.54) is 0 Å². The van der Waals surface area contributed by atoms with Crippen molar-refractivity contribution in [3.8, 4) is 0 Å². The molecule has 2 N–H and O–H groups in total. The zero-order valence-electron chi connectivity index (χ0n) is 8.38. The number of benzene rings is 1. The van der Waals surface area contributed by atoms with E-state index in [2.05, 4.69) is 15.9 Å². The summed E-state index contributed by atoms with van der Waals surface area (Å²) in [5, 5.41) is 18.7. The van der Waals surface area contributed by atoms with Gasteiger partial charge in [0.2, 0.25) is 0 Å². The third-order valence-corrected chi connectivity index (χ3v) is 2.83. The van der Waals surface area contributed by atoms with Gasteiger partial charge in [0.15, 0.2) is 0 Å². The molecule has 0 heterocycles. The lowest BCUT2D eigenvalue weighted by molar-refractivity contribution is -0.142. The van der Waals surface area contributed by atoms with E-state index in [9.17, 15) is 27.8 Å².